The molecule has 0 unspecified atom stereocenters. The fourth-order valence-corrected chi connectivity index (χ4v) is 3.44. The van der Waals surface area contributed by atoms with Gasteiger partial charge < -0.3 is 14.8 Å². The first-order valence-electron chi connectivity index (χ1n) is 8.51. The molecule has 0 atom stereocenters. The summed E-state index contributed by atoms with van der Waals surface area (Å²) in [5.74, 6) is 1.76. The molecule has 0 saturated heterocycles. The minimum atomic E-state index is -0.493. The second-order valence-electron chi connectivity index (χ2n) is 7.24. The predicted octanol–water partition coefficient (Wildman–Crippen LogP) is 3.12. The van der Waals surface area contributed by atoms with Crippen LogP contribution < -0.4 is 10.1 Å². The molecule has 6 nitrogen and oxygen atoms in total. The van der Waals surface area contributed by atoms with E-state index in [2.05, 4.69) is 38.4 Å². The average molecular weight is 410 g/mol. The molecule has 1 N–H and O–H groups in total. The lowest BCUT2D eigenvalue weighted by molar-refractivity contribution is 0.0276. The molecule has 2 aliphatic rings. The number of nitrogens with one attached hydrogen (secondary N) is 1. The Morgan fingerprint density at radius 1 is 1.44 bits per heavy atom. The number of nitrogens with zero attached hydrogens (tertiary/aromatic N) is 2. The molecule has 3 rings (SSSR count). The predicted molar refractivity (Wildman–Crippen MR) is 100 cm³/mol. The molecule has 0 radical (unpaired) electrons. The zero-order chi connectivity index (χ0) is 18.0. The van der Waals surface area contributed by atoms with E-state index < -0.39 is 5.60 Å². The van der Waals surface area contributed by atoms with Gasteiger partial charge in [0, 0.05) is 29.5 Å². The van der Waals surface area contributed by atoms with Crippen molar-refractivity contribution in [1.29, 1.82) is 0 Å². The van der Waals surface area contributed by atoms with E-state index in [1.807, 2.05) is 20.8 Å². The smallest absolute Gasteiger partial charge is 0.410 e. The Hall–Kier alpha value is -1.76. The number of carbonyl (C=O) groups is 1. The summed E-state index contributed by atoms with van der Waals surface area (Å²) in [6.45, 7) is 8.55. The van der Waals surface area contributed by atoms with Crippen LogP contribution in [0.2, 0.25) is 0 Å². The monoisotopic (exact) mass is 409 g/mol. The summed E-state index contributed by atoms with van der Waals surface area (Å²) >= 11 is 3.56. The number of amides is 1. The Balaban J connectivity index is 1.61. The van der Waals surface area contributed by atoms with Gasteiger partial charge in [-0.25, -0.2) is 4.79 Å². The van der Waals surface area contributed by atoms with E-state index in [4.69, 9.17) is 9.47 Å². The molecule has 25 heavy (non-hydrogen) atoms. The molecule has 1 aromatic rings. The third-order valence-electron chi connectivity index (χ3n) is 3.97. The average Bonchev–Trinajstić information content (AvgIpc) is 2.99. The number of ether oxygens (including phenoxy) is 2. The minimum Gasteiger partial charge on any atom is -0.493 e. The lowest BCUT2D eigenvalue weighted by Gasteiger charge is -2.30. The van der Waals surface area contributed by atoms with Crippen LogP contribution in [-0.2, 0) is 17.7 Å². The van der Waals surface area contributed by atoms with Crippen LogP contribution in [0, 0.1) is 0 Å². The van der Waals surface area contributed by atoms with E-state index in [9.17, 15) is 4.79 Å². The fraction of sp³-hybridized carbons (Fsp3) is 0.556. The summed E-state index contributed by atoms with van der Waals surface area (Å²) in [5, 5.41) is 3.34. The fourth-order valence-electron chi connectivity index (χ4n) is 2.88. The summed E-state index contributed by atoms with van der Waals surface area (Å²) in [5.41, 5.74) is 1.83. The standard InChI is InChI=1S/C18H24BrN3O3/c1-18(2,3)25-17(23)22-6-5-20-15(11-22)21-10-13-9-14(19)8-12-4-7-24-16(12)13/h8-9H,4-7,10-11H2,1-3H3,(H,20,21). The van der Waals surface area contributed by atoms with Gasteiger partial charge in [0.1, 0.15) is 17.2 Å². The highest BCUT2D eigenvalue weighted by molar-refractivity contribution is 9.10. The quantitative estimate of drug-likeness (QED) is 0.814. The molecular formula is C18H24BrN3O3. The van der Waals surface area contributed by atoms with Crippen LogP contribution >= 0.6 is 15.9 Å². The maximum absolute atomic E-state index is 12.2. The largest absolute Gasteiger partial charge is 0.493 e. The number of hydrogen-bond acceptors (Lipinski definition) is 5. The zero-order valence-electron chi connectivity index (χ0n) is 14.9. The van der Waals surface area contributed by atoms with Crippen molar-refractivity contribution in [3.05, 3.63) is 27.7 Å². The van der Waals surface area contributed by atoms with E-state index in [-0.39, 0.29) is 6.09 Å². The van der Waals surface area contributed by atoms with Gasteiger partial charge in [0.05, 0.1) is 19.7 Å². The molecule has 0 fully saturated rings. The van der Waals surface area contributed by atoms with E-state index in [0.717, 1.165) is 34.6 Å². The van der Waals surface area contributed by atoms with Crippen molar-refractivity contribution >= 4 is 27.9 Å². The van der Waals surface area contributed by atoms with Gasteiger partial charge in [-0.3, -0.25) is 9.89 Å². The number of amidine groups is 1. The molecule has 1 amide bonds. The summed E-state index contributed by atoms with van der Waals surface area (Å²) in [7, 11) is 0. The number of aliphatic imine (C=N–C) groups is 1. The maximum Gasteiger partial charge on any atom is 0.410 e. The van der Waals surface area contributed by atoms with E-state index in [1.165, 1.54) is 5.56 Å². The normalized spacial score (nSPS) is 16.8. The van der Waals surface area contributed by atoms with Gasteiger partial charge in [0.25, 0.3) is 0 Å². The summed E-state index contributed by atoms with van der Waals surface area (Å²) in [6.07, 6.45) is 0.642. The molecule has 7 heteroatoms. The lowest BCUT2D eigenvalue weighted by Crippen LogP contribution is -2.47. The van der Waals surface area contributed by atoms with Crippen LogP contribution in [0.3, 0.4) is 0 Å². The Labute approximate surface area is 156 Å². The number of benzene rings is 1. The molecule has 2 heterocycles. The van der Waals surface area contributed by atoms with Gasteiger partial charge in [-0.05, 0) is 38.5 Å². The molecule has 0 saturated carbocycles. The molecule has 136 valence electrons. The van der Waals surface area contributed by atoms with Crippen LogP contribution in [-0.4, -0.2) is 48.7 Å². The first-order valence-corrected chi connectivity index (χ1v) is 9.30. The summed E-state index contributed by atoms with van der Waals surface area (Å²) < 4.78 is 12.2. The van der Waals surface area contributed by atoms with Crippen molar-refractivity contribution in [2.24, 2.45) is 4.99 Å². The SMILES string of the molecule is CC(C)(C)OC(=O)N1CCN=C(NCc2cc(Br)cc3c2OCC3)C1. The highest BCUT2D eigenvalue weighted by Crippen LogP contribution is 2.32. The van der Waals surface area contributed by atoms with Crippen molar-refractivity contribution in [2.75, 3.05) is 26.2 Å². The molecule has 0 bridgehead atoms. The molecule has 1 aromatic carbocycles. The third kappa shape index (κ3) is 4.66. The van der Waals surface area contributed by atoms with Crippen molar-refractivity contribution in [1.82, 2.24) is 10.2 Å². The molecule has 0 aromatic heterocycles. The third-order valence-corrected chi connectivity index (χ3v) is 4.43. The summed E-state index contributed by atoms with van der Waals surface area (Å²) in [4.78, 5) is 18.4. The molecular weight excluding hydrogens is 386 g/mol. The molecule has 0 aliphatic carbocycles. The van der Waals surface area contributed by atoms with Crippen LogP contribution in [0.5, 0.6) is 5.75 Å². The highest BCUT2D eigenvalue weighted by atomic mass is 79.9. The van der Waals surface area contributed by atoms with Crippen LogP contribution in [0.4, 0.5) is 4.79 Å². The van der Waals surface area contributed by atoms with Crippen LogP contribution in [0.15, 0.2) is 21.6 Å². The van der Waals surface area contributed by atoms with Gasteiger partial charge in [-0.1, -0.05) is 15.9 Å². The van der Waals surface area contributed by atoms with Crippen LogP contribution in [0.1, 0.15) is 31.9 Å². The van der Waals surface area contributed by atoms with Gasteiger partial charge in [-0.2, -0.15) is 0 Å². The van der Waals surface area contributed by atoms with Crippen molar-refractivity contribution in [3.63, 3.8) is 0 Å². The Morgan fingerprint density at radius 2 is 2.24 bits per heavy atom. The van der Waals surface area contributed by atoms with Gasteiger partial charge in [0.15, 0.2) is 0 Å². The number of fused-ring (bicyclic) bond motifs is 1. The van der Waals surface area contributed by atoms with E-state index >= 15 is 0 Å². The van der Waals surface area contributed by atoms with Crippen molar-refractivity contribution in [3.8, 4) is 5.75 Å². The molecule has 0 spiro atoms. The Kier molecular flexibility index (Phi) is 5.22. The first kappa shape index (κ1) is 18.0. The highest BCUT2D eigenvalue weighted by Gasteiger charge is 2.25. The van der Waals surface area contributed by atoms with Gasteiger partial charge in [0.2, 0.25) is 0 Å². The van der Waals surface area contributed by atoms with Gasteiger partial charge in [-0.15, -0.1) is 0 Å². The summed E-state index contributed by atoms with van der Waals surface area (Å²) in [6, 6.07) is 4.17. The van der Waals surface area contributed by atoms with E-state index in [0.29, 0.717) is 26.2 Å². The second-order valence-corrected chi connectivity index (χ2v) is 8.15. The topological polar surface area (TPSA) is 63.2 Å². The second kappa shape index (κ2) is 7.23. The van der Waals surface area contributed by atoms with E-state index in [1.54, 1.807) is 4.90 Å². The number of carbonyl (C=O) groups excluding carboxylic acids is 1. The maximum atomic E-state index is 12.2. The zero-order valence-corrected chi connectivity index (χ0v) is 16.5. The van der Waals surface area contributed by atoms with Crippen LogP contribution in [0.25, 0.3) is 0 Å². The minimum absolute atomic E-state index is 0.298. The Bertz CT molecular complexity index is 698. The Morgan fingerprint density at radius 3 is 3.00 bits per heavy atom. The number of hydrogen-bond donors (Lipinski definition) is 1. The van der Waals surface area contributed by atoms with Gasteiger partial charge >= 0.3 is 6.09 Å². The lowest BCUT2D eigenvalue weighted by atomic mass is 10.1. The first-order chi connectivity index (χ1) is 11.8. The molecule has 2 aliphatic heterocycles. The number of rotatable bonds is 2. The van der Waals surface area contributed by atoms with Crippen molar-refractivity contribution < 1.29 is 14.3 Å². The number of halogens is 1. The van der Waals surface area contributed by atoms with Crippen molar-refractivity contribution in [2.45, 2.75) is 39.3 Å².